The number of carbonyl (C=O) groups is 1. The van der Waals surface area contributed by atoms with Gasteiger partial charge in [-0.1, -0.05) is 49.6 Å². The van der Waals surface area contributed by atoms with Crippen molar-refractivity contribution >= 4 is 11.6 Å². The summed E-state index contributed by atoms with van der Waals surface area (Å²) in [6.45, 7) is 5.56. The summed E-state index contributed by atoms with van der Waals surface area (Å²) in [6.07, 6.45) is 6.78. The molecule has 0 spiro atoms. The van der Waals surface area contributed by atoms with E-state index < -0.39 is 5.41 Å². The van der Waals surface area contributed by atoms with Gasteiger partial charge in [0, 0.05) is 12.2 Å². The summed E-state index contributed by atoms with van der Waals surface area (Å²) in [4.78, 5) is 17.7. The second kappa shape index (κ2) is 9.69. The van der Waals surface area contributed by atoms with Gasteiger partial charge < -0.3 is 14.8 Å². The van der Waals surface area contributed by atoms with Gasteiger partial charge in [0.15, 0.2) is 0 Å². The van der Waals surface area contributed by atoms with E-state index in [1.54, 1.807) is 6.20 Å². The van der Waals surface area contributed by atoms with Crippen LogP contribution in [0.15, 0.2) is 42.6 Å². The summed E-state index contributed by atoms with van der Waals surface area (Å²) in [5.41, 5.74) is 2.25. The standard InChI is InChI=1S/C23H30N2O3/c1-3-27-14-15-28-21-18(2)16-20(17-24-21)25-22(26)23(12-8-5-9-13-23)19-10-6-4-7-11-19/h4,6-7,10-11,16-17H,3,5,8-9,12-15H2,1-2H3,(H,25,26). The fourth-order valence-corrected chi connectivity index (χ4v) is 3.93. The van der Waals surface area contributed by atoms with E-state index in [2.05, 4.69) is 22.4 Å². The highest BCUT2D eigenvalue weighted by molar-refractivity contribution is 5.99. The third-order valence-corrected chi connectivity index (χ3v) is 5.43. The van der Waals surface area contributed by atoms with Gasteiger partial charge in [0.1, 0.15) is 6.61 Å². The molecule has 1 saturated carbocycles. The fraction of sp³-hybridized carbons (Fsp3) is 0.478. The van der Waals surface area contributed by atoms with Crippen molar-refractivity contribution in [2.75, 3.05) is 25.1 Å². The third kappa shape index (κ3) is 4.71. The molecule has 28 heavy (non-hydrogen) atoms. The maximum atomic E-state index is 13.3. The van der Waals surface area contributed by atoms with Crippen LogP contribution in [0, 0.1) is 6.92 Å². The molecular weight excluding hydrogens is 352 g/mol. The van der Waals surface area contributed by atoms with Crippen LogP contribution in [-0.2, 0) is 14.9 Å². The van der Waals surface area contributed by atoms with Crippen LogP contribution in [0.4, 0.5) is 5.69 Å². The lowest BCUT2D eigenvalue weighted by molar-refractivity contribution is -0.122. The van der Waals surface area contributed by atoms with Crippen molar-refractivity contribution in [1.29, 1.82) is 0 Å². The van der Waals surface area contributed by atoms with Crippen molar-refractivity contribution in [2.45, 2.75) is 51.4 Å². The van der Waals surface area contributed by atoms with Gasteiger partial charge >= 0.3 is 0 Å². The molecular formula is C23H30N2O3. The van der Waals surface area contributed by atoms with Crippen molar-refractivity contribution in [1.82, 2.24) is 4.98 Å². The Kier molecular flexibility index (Phi) is 7.04. The minimum absolute atomic E-state index is 0.0598. The second-order valence-electron chi connectivity index (χ2n) is 7.35. The van der Waals surface area contributed by atoms with Gasteiger partial charge in [-0.05, 0) is 38.3 Å². The van der Waals surface area contributed by atoms with E-state index in [1.807, 2.05) is 38.1 Å². The van der Waals surface area contributed by atoms with Gasteiger partial charge in [0.25, 0.3) is 0 Å². The fourth-order valence-electron chi connectivity index (χ4n) is 3.93. The molecule has 1 heterocycles. The van der Waals surface area contributed by atoms with Gasteiger partial charge in [-0.25, -0.2) is 4.98 Å². The van der Waals surface area contributed by atoms with Crippen molar-refractivity contribution in [3.63, 3.8) is 0 Å². The highest BCUT2D eigenvalue weighted by Crippen LogP contribution is 2.40. The van der Waals surface area contributed by atoms with Crippen molar-refractivity contribution in [3.05, 3.63) is 53.7 Å². The zero-order valence-corrected chi connectivity index (χ0v) is 16.9. The average Bonchev–Trinajstić information content (AvgIpc) is 2.73. The quantitative estimate of drug-likeness (QED) is 0.675. The molecule has 3 rings (SSSR count). The summed E-state index contributed by atoms with van der Waals surface area (Å²) in [7, 11) is 0. The Morgan fingerprint density at radius 1 is 1.14 bits per heavy atom. The molecule has 1 aromatic carbocycles. The normalized spacial score (nSPS) is 15.8. The molecule has 1 aromatic heterocycles. The summed E-state index contributed by atoms with van der Waals surface area (Å²) >= 11 is 0. The maximum Gasteiger partial charge on any atom is 0.235 e. The average molecular weight is 383 g/mol. The number of hydrogen-bond donors (Lipinski definition) is 1. The molecule has 1 aliphatic rings. The molecule has 0 aliphatic heterocycles. The van der Waals surface area contributed by atoms with E-state index in [9.17, 15) is 4.79 Å². The Bertz CT molecular complexity index is 771. The van der Waals surface area contributed by atoms with Crippen molar-refractivity contribution in [3.8, 4) is 5.88 Å². The zero-order chi connectivity index (χ0) is 19.8. The predicted molar refractivity (Wildman–Crippen MR) is 111 cm³/mol. The first kappa shape index (κ1) is 20.3. The van der Waals surface area contributed by atoms with E-state index in [0.717, 1.165) is 36.8 Å². The van der Waals surface area contributed by atoms with Crippen LogP contribution in [0.5, 0.6) is 5.88 Å². The minimum Gasteiger partial charge on any atom is -0.475 e. The zero-order valence-electron chi connectivity index (χ0n) is 16.9. The molecule has 150 valence electrons. The maximum absolute atomic E-state index is 13.3. The number of amides is 1. The number of aromatic nitrogens is 1. The smallest absolute Gasteiger partial charge is 0.235 e. The van der Waals surface area contributed by atoms with Crippen LogP contribution < -0.4 is 10.1 Å². The summed E-state index contributed by atoms with van der Waals surface area (Å²) in [5.74, 6) is 0.637. The van der Waals surface area contributed by atoms with Gasteiger partial charge in [-0.3, -0.25) is 4.79 Å². The summed E-state index contributed by atoms with van der Waals surface area (Å²) in [6, 6.07) is 12.1. The molecule has 0 atom stereocenters. The van der Waals surface area contributed by atoms with Crippen LogP contribution in [-0.4, -0.2) is 30.7 Å². The van der Waals surface area contributed by atoms with Crippen LogP contribution >= 0.6 is 0 Å². The first-order valence-electron chi connectivity index (χ1n) is 10.2. The first-order valence-corrected chi connectivity index (χ1v) is 10.2. The van der Waals surface area contributed by atoms with Crippen molar-refractivity contribution < 1.29 is 14.3 Å². The lowest BCUT2D eigenvalue weighted by atomic mass is 9.68. The monoisotopic (exact) mass is 382 g/mol. The van der Waals surface area contributed by atoms with Crippen LogP contribution in [0.25, 0.3) is 0 Å². The molecule has 1 amide bonds. The second-order valence-corrected chi connectivity index (χ2v) is 7.35. The first-order chi connectivity index (χ1) is 13.7. The number of rotatable bonds is 8. The number of anilines is 1. The number of aryl methyl sites for hydroxylation is 1. The Morgan fingerprint density at radius 3 is 2.57 bits per heavy atom. The molecule has 0 bridgehead atoms. The van der Waals surface area contributed by atoms with Crippen LogP contribution in [0.1, 0.15) is 50.2 Å². The van der Waals surface area contributed by atoms with Crippen LogP contribution in [0.2, 0.25) is 0 Å². The van der Waals surface area contributed by atoms with Gasteiger partial charge in [0.05, 0.1) is 23.9 Å². The Labute approximate surface area is 167 Å². The van der Waals surface area contributed by atoms with E-state index in [4.69, 9.17) is 9.47 Å². The molecule has 1 fully saturated rings. The number of benzene rings is 1. The predicted octanol–water partition coefficient (Wildman–Crippen LogP) is 4.65. The minimum atomic E-state index is -0.458. The molecule has 5 heteroatoms. The molecule has 0 radical (unpaired) electrons. The molecule has 0 unspecified atom stereocenters. The summed E-state index contributed by atoms with van der Waals surface area (Å²) in [5, 5.41) is 3.11. The summed E-state index contributed by atoms with van der Waals surface area (Å²) < 4.78 is 10.9. The molecule has 1 aliphatic carbocycles. The molecule has 1 N–H and O–H groups in total. The SMILES string of the molecule is CCOCCOc1ncc(NC(=O)C2(c3ccccc3)CCCCC2)cc1C. The van der Waals surface area contributed by atoms with Crippen LogP contribution in [0.3, 0.4) is 0 Å². The van der Waals surface area contributed by atoms with Gasteiger partial charge in [-0.2, -0.15) is 0 Å². The Balaban J connectivity index is 1.72. The number of ether oxygens (including phenoxy) is 2. The highest BCUT2D eigenvalue weighted by Gasteiger charge is 2.41. The molecule has 5 nitrogen and oxygen atoms in total. The van der Waals surface area contributed by atoms with Crippen molar-refractivity contribution in [2.24, 2.45) is 0 Å². The number of hydrogen-bond acceptors (Lipinski definition) is 4. The van der Waals surface area contributed by atoms with Gasteiger partial charge in [0.2, 0.25) is 11.8 Å². The van der Waals surface area contributed by atoms with E-state index in [1.165, 1.54) is 6.42 Å². The van der Waals surface area contributed by atoms with E-state index in [0.29, 0.717) is 31.4 Å². The lowest BCUT2D eigenvalue weighted by Crippen LogP contribution is -2.42. The lowest BCUT2D eigenvalue weighted by Gasteiger charge is -2.36. The largest absolute Gasteiger partial charge is 0.475 e. The Hall–Kier alpha value is -2.40. The molecule has 2 aromatic rings. The van der Waals surface area contributed by atoms with Gasteiger partial charge in [-0.15, -0.1) is 0 Å². The Morgan fingerprint density at radius 2 is 1.89 bits per heavy atom. The number of nitrogens with zero attached hydrogens (tertiary/aromatic N) is 1. The third-order valence-electron chi connectivity index (χ3n) is 5.43. The molecule has 0 saturated heterocycles. The van der Waals surface area contributed by atoms with E-state index in [-0.39, 0.29) is 5.91 Å². The number of nitrogens with one attached hydrogen (secondary N) is 1. The van der Waals surface area contributed by atoms with E-state index >= 15 is 0 Å². The number of carbonyl (C=O) groups excluding carboxylic acids is 1. The topological polar surface area (TPSA) is 60.5 Å². The highest BCUT2D eigenvalue weighted by atomic mass is 16.5. The number of pyridine rings is 1.